The topological polar surface area (TPSA) is 82.1 Å². The molecule has 0 spiro atoms. The highest BCUT2D eigenvalue weighted by Crippen LogP contribution is 2.42. The third-order valence-electron chi connectivity index (χ3n) is 5.38. The number of ether oxygens (including phenoxy) is 3. The van der Waals surface area contributed by atoms with Gasteiger partial charge in [0.05, 0.1) is 37.7 Å². The van der Waals surface area contributed by atoms with Crippen LogP contribution >= 0.6 is 0 Å². The number of rotatable bonds is 8. The third kappa shape index (κ3) is 4.70. The molecule has 1 atom stereocenters. The van der Waals surface area contributed by atoms with Gasteiger partial charge in [-0.3, -0.25) is 4.79 Å². The number of hydrogen-bond acceptors (Lipinski definition) is 6. The number of hydrogen-bond donors (Lipinski definition) is 0. The van der Waals surface area contributed by atoms with E-state index in [1.165, 1.54) is 11.4 Å². The van der Waals surface area contributed by atoms with Crippen LogP contribution in [0, 0.1) is 6.92 Å². The number of carbonyl (C=O) groups excluding carboxylic acids is 1. The van der Waals surface area contributed by atoms with Gasteiger partial charge in [-0.15, -0.1) is 0 Å². The van der Waals surface area contributed by atoms with Crippen LogP contribution in [0.15, 0.2) is 41.3 Å². The minimum absolute atomic E-state index is 0.0891. The van der Waals surface area contributed by atoms with E-state index < -0.39 is 22.0 Å². The van der Waals surface area contributed by atoms with Crippen molar-refractivity contribution in [3.05, 3.63) is 53.1 Å². The van der Waals surface area contributed by atoms with Crippen LogP contribution in [0.5, 0.6) is 11.5 Å². The molecule has 31 heavy (non-hydrogen) atoms. The SMILES string of the molecule is CCOc1cc2c(cc1OCC)C(CC(=O)OC)N(S(=O)(=O)c1ccccc1C)CC2. The summed E-state index contributed by atoms with van der Waals surface area (Å²) in [7, 11) is -2.53. The Bertz CT molecular complexity index is 1050. The number of methoxy groups -OCH3 is 1. The van der Waals surface area contributed by atoms with E-state index in [1.54, 1.807) is 37.3 Å². The summed E-state index contributed by atoms with van der Waals surface area (Å²) in [6, 6.07) is 9.86. The molecule has 168 valence electrons. The van der Waals surface area contributed by atoms with Gasteiger partial charge >= 0.3 is 5.97 Å². The molecule has 1 aliphatic rings. The van der Waals surface area contributed by atoms with Crippen molar-refractivity contribution in [1.82, 2.24) is 4.31 Å². The fourth-order valence-electron chi connectivity index (χ4n) is 3.94. The summed E-state index contributed by atoms with van der Waals surface area (Å²) >= 11 is 0. The second-order valence-corrected chi connectivity index (χ2v) is 9.15. The minimum atomic E-state index is -3.83. The van der Waals surface area contributed by atoms with Crippen LogP contribution < -0.4 is 9.47 Å². The van der Waals surface area contributed by atoms with Crippen LogP contribution in [0.2, 0.25) is 0 Å². The lowest BCUT2D eigenvalue weighted by Crippen LogP contribution is -2.41. The second-order valence-electron chi connectivity index (χ2n) is 7.29. The number of aryl methyl sites for hydroxylation is 1. The van der Waals surface area contributed by atoms with Gasteiger partial charge in [0.25, 0.3) is 0 Å². The van der Waals surface area contributed by atoms with E-state index in [4.69, 9.17) is 14.2 Å². The Hall–Kier alpha value is -2.58. The molecule has 2 aromatic carbocycles. The lowest BCUT2D eigenvalue weighted by atomic mass is 9.91. The molecule has 0 aliphatic carbocycles. The molecule has 3 rings (SSSR count). The van der Waals surface area contributed by atoms with E-state index in [-0.39, 0.29) is 17.9 Å². The van der Waals surface area contributed by atoms with E-state index in [9.17, 15) is 13.2 Å². The fourth-order valence-corrected chi connectivity index (χ4v) is 5.77. The fraction of sp³-hybridized carbons (Fsp3) is 0.435. The van der Waals surface area contributed by atoms with Gasteiger partial charge in [-0.2, -0.15) is 4.31 Å². The molecular weight excluding hydrogens is 418 g/mol. The summed E-state index contributed by atoms with van der Waals surface area (Å²) in [5, 5.41) is 0. The van der Waals surface area contributed by atoms with E-state index in [1.807, 2.05) is 19.9 Å². The van der Waals surface area contributed by atoms with Gasteiger partial charge in [0.1, 0.15) is 0 Å². The first kappa shape index (κ1) is 23.1. The van der Waals surface area contributed by atoms with E-state index >= 15 is 0 Å². The number of sulfonamides is 1. The second kappa shape index (κ2) is 9.70. The van der Waals surface area contributed by atoms with Gasteiger partial charge in [0.15, 0.2) is 11.5 Å². The lowest BCUT2D eigenvalue weighted by Gasteiger charge is -2.36. The van der Waals surface area contributed by atoms with Crippen LogP contribution in [-0.2, 0) is 26.0 Å². The maximum atomic E-state index is 13.6. The maximum absolute atomic E-state index is 13.6. The Kier molecular flexibility index (Phi) is 7.23. The molecule has 8 heteroatoms. The predicted octanol–water partition coefficient (Wildman–Crippen LogP) is 3.64. The zero-order valence-corrected chi connectivity index (χ0v) is 19.2. The Labute approximate surface area is 184 Å². The van der Waals surface area contributed by atoms with Crippen molar-refractivity contribution in [3.8, 4) is 11.5 Å². The normalized spacial score (nSPS) is 16.5. The van der Waals surface area contributed by atoms with E-state index in [0.717, 1.165) is 11.1 Å². The van der Waals surface area contributed by atoms with E-state index in [2.05, 4.69) is 0 Å². The van der Waals surface area contributed by atoms with Crippen molar-refractivity contribution in [3.63, 3.8) is 0 Å². The average molecular weight is 448 g/mol. The van der Waals surface area contributed by atoms with Crippen molar-refractivity contribution >= 4 is 16.0 Å². The van der Waals surface area contributed by atoms with Crippen molar-refractivity contribution in [1.29, 1.82) is 0 Å². The van der Waals surface area contributed by atoms with Crippen LogP contribution in [0.4, 0.5) is 0 Å². The summed E-state index contributed by atoms with van der Waals surface area (Å²) in [6.07, 6.45) is 0.415. The molecular formula is C23H29NO6S. The van der Waals surface area contributed by atoms with Gasteiger partial charge in [0.2, 0.25) is 10.0 Å². The predicted molar refractivity (Wildman–Crippen MR) is 117 cm³/mol. The van der Waals surface area contributed by atoms with Crippen LogP contribution in [-0.4, -0.2) is 45.6 Å². The molecule has 1 heterocycles. The molecule has 0 amide bonds. The summed E-state index contributed by atoms with van der Waals surface area (Å²) in [6.45, 7) is 6.71. The maximum Gasteiger partial charge on any atom is 0.307 e. The number of carbonyl (C=O) groups is 1. The molecule has 0 saturated carbocycles. The molecule has 0 bridgehead atoms. The summed E-state index contributed by atoms with van der Waals surface area (Å²) in [5.41, 5.74) is 2.34. The standard InChI is InChI=1S/C23H29NO6S/c1-5-29-20-13-17-11-12-24(31(26,27)22-10-8-7-9-16(22)3)19(15-23(25)28-4)18(17)14-21(20)30-6-2/h7-10,13-14,19H,5-6,11-12,15H2,1-4H3. The Morgan fingerprint density at radius 1 is 1.10 bits per heavy atom. The number of esters is 1. The zero-order chi connectivity index (χ0) is 22.6. The highest BCUT2D eigenvalue weighted by atomic mass is 32.2. The average Bonchev–Trinajstić information content (AvgIpc) is 2.74. The summed E-state index contributed by atoms with van der Waals surface area (Å²) in [4.78, 5) is 12.5. The largest absolute Gasteiger partial charge is 0.490 e. The van der Waals surface area contributed by atoms with Crippen LogP contribution in [0.3, 0.4) is 0 Å². The molecule has 2 aromatic rings. The Morgan fingerprint density at radius 2 is 1.74 bits per heavy atom. The summed E-state index contributed by atoms with van der Waals surface area (Å²) in [5.74, 6) is 0.679. The molecule has 1 aliphatic heterocycles. The molecule has 0 fully saturated rings. The smallest absolute Gasteiger partial charge is 0.307 e. The summed E-state index contributed by atoms with van der Waals surface area (Å²) < 4.78 is 45.0. The first-order valence-electron chi connectivity index (χ1n) is 10.4. The van der Waals surface area contributed by atoms with Gasteiger partial charge < -0.3 is 14.2 Å². The molecule has 0 aromatic heterocycles. The van der Waals surface area contributed by atoms with Crippen LogP contribution in [0.25, 0.3) is 0 Å². The van der Waals surface area contributed by atoms with E-state index in [0.29, 0.717) is 36.7 Å². The van der Waals surface area contributed by atoms with Crippen molar-refractivity contribution in [2.24, 2.45) is 0 Å². The minimum Gasteiger partial charge on any atom is -0.490 e. The molecule has 0 N–H and O–H groups in total. The highest BCUT2D eigenvalue weighted by molar-refractivity contribution is 7.89. The van der Waals surface area contributed by atoms with Gasteiger partial charge in [-0.25, -0.2) is 8.42 Å². The zero-order valence-electron chi connectivity index (χ0n) is 18.4. The number of nitrogens with zero attached hydrogens (tertiary/aromatic N) is 1. The molecule has 0 saturated heterocycles. The molecule has 0 radical (unpaired) electrons. The molecule has 1 unspecified atom stereocenters. The lowest BCUT2D eigenvalue weighted by molar-refractivity contribution is -0.141. The first-order valence-corrected chi connectivity index (χ1v) is 11.8. The van der Waals surface area contributed by atoms with Gasteiger partial charge in [-0.1, -0.05) is 18.2 Å². The Balaban J connectivity index is 2.13. The first-order chi connectivity index (χ1) is 14.8. The van der Waals surface area contributed by atoms with Crippen molar-refractivity contribution in [2.75, 3.05) is 26.9 Å². The van der Waals surface area contributed by atoms with Gasteiger partial charge in [0, 0.05) is 6.54 Å². The third-order valence-corrected chi connectivity index (χ3v) is 7.45. The van der Waals surface area contributed by atoms with Crippen molar-refractivity contribution in [2.45, 2.75) is 44.6 Å². The number of fused-ring (bicyclic) bond motifs is 1. The number of benzene rings is 2. The van der Waals surface area contributed by atoms with Crippen LogP contribution in [0.1, 0.15) is 43.0 Å². The highest BCUT2D eigenvalue weighted by Gasteiger charge is 2.39. The quantitative estimate of drug-likeness (QED) is 0.575. The Morgan fingerprint density at radius 3 is 2.35 bits per heavy atom. The monoisotopic (exact) mass is 447 g/mol. The van der Waals surface area contributed by atoms with Crippen molar-refractivity contribution < 1.29 is 27.4 Å². The molecule has 7 nitrogen and oxygen atoms in total. The van der Waals surface area contributed by atoms with Gasteiger partial charge in [-0.05, 0) is 62.1 Å².